The van der Waals surface area contributed by atoms with Gasteiger partial charge >= 0.3 is 0 Å². The lowest BCUT2D eigenvalue weighted by atomic mass is 9.98. The zero-order valence-electron chi connectivity index (χ0n) is 20.5. The molecule has 0 aliphatic carbocycles. The number of nitrogens with one attached hydrogen (secondary N) is 3. The van der Waals surface area contributed by atoms with E-state index in [2.05, 4.69) is 16.0 Å². The minimum Gasteiger partial charge on any atom is -0.343 e. The Morgan fingerprint density at radius 1 is 0.882 bits per heavy atom. The van der Waals surface area contributed by atoms with Gasteiger partial charge in [0.2, 0.25) is 17.7 Å². The van der Waals surface area contributed by atoms with E-state index < -0.39 is 18.1 Å². The molecule has 1 heterocycles. The lowest BCUT2D eigenvalue weighted by molar-refractivity contribution is -0.142. The summed E-state index contributed by atoms with van der Waals surface area (Å²) >= 11 is 0. The van der Waals surface area contributed by atoms with E-state index in [4.69, 9.17) is 0 Å². The van der Waals surface area contributed by atoms with Crippen LogP contribution in [0, 0.1) is 5.92 Å². The molecule has 182 valence electrons. The standard InChI is InChI=1S/C27H36N4O3/c1-18(2)23(29-25(32)19(3)28-4)27(34)31-17-11-16-22(31)26(33)30-24(20-12-7-5-8-13-20)21-14-9-6-10-15-21/h5-10,12-15,18-19,22-24,28H,11,16-17H2,1-4H3,(H,29,32)(H,30,33)/t19-,22-,23+/m0/s1. The molecule has 0 spiro atoms. The van der Waals surface area contributed by atoms with Gasteiger partial charge in [-0.1, -0.05) is 74.5 Å². The van der Waals surface area contributed by atoms with Gasteiger partial charge in [0.25, 0.3) is 0 Å². The number of nitrogens with zero attached hydrogens (tertiary/aromatic N) is 1. The van der Waals surface area contributed by atoms with Gasteiger partial charge in [0.05, 0.1) is 12.1 Å². The van der Waals surface area contributed by atoms with Gasteiger partial charge < -0.3 is 20.9 Å². The summed E-state index contributed by atoms with van der Waals surface area (Å²) in [6, 6.07) is 17.7. The molecule has 3 rings (SSSR count). The number of hydrogen-bond donors (Lipinski definition) is 3. The fraction of sp³-hybridized carbons (Fsp3) is 0.444. The highest BCUT2D eigenvalue weighted by Crippen LogP contribution is 2.25. The molecule has 1 aliphatic rings. The molecule has 34 heavy (non-hydrogen) atoms. The quantitative estimate of drug-likeness (QED) is 0.532. The number of benzene rings is 2. The minimum atomic E-state index is -0.684. The van der Waals surface area contributed by atoms with Crippen molar-refractivity contribution in [3.63, 3.8) is 0 Å². The van der Waals surface area contributed by atoms with Crippen molar-refractivity contribution in [3.8, 4) is 0 Å². The Balaban J connectivity index is 1.79. The SMILES string of the molecule is CN[C@@H](C)C(=O)N[C@@H](C(=O)N1CCC[C@H]1C(=O)NC(c1ccccc1)c1ccccc1)C(C)C. The zero-order valence-corrected chi connectivity index (χ0v) is 20.5. The van der Waals surface area contributed by atoms with E-state index in [0.29, 0.717) is 13.0 Å². The Labute approximate surface area is 202 Å². The second-order valence-electron chi connectivity index (χ2n) is 9.19. The van der Waals surface area contributed by atoms with Gasteiger partial charge in [-0.15, -0.1) is 0 Å². The largest absolute Gasteiger partial charge is 0.343 e. The molecule has 3 atom stereocenters. The monoisotopic (exact) mass is 464 g/mol. The van der Waals surface area contributed by atoms with E-state index in [9.17, 15) is 14.4 Å². The first-order valence-corrected chi connectivity index (χ1v) is 12.0. The Bertz CT molecular complexity index is 925. The lowest BCUT2D eigenvalue weighted by Crippen LogP contribution is -2.57. The normalized spacial score (nSPS) is 17.5. The van der Waals surface area contributed by atoms with Gasteiger partial charge in [0.1, 0.15) is 12.1 Å². The first-order valence-electron chi connectivity index (χ1n) is 12.0. The third-order valence-corrected chi connectivity index (χ3v) is 6.45. The number of amides is 3. The summed E-state index contributed by atoms with van der Waals surface area (Å²) < 4.78 is 0. The highest BCUT2D eigenvalue weighted by molar-refractivity contribution is 5.93. The van der Waals surface area contributed by atoms with Crippen LogP contribution in [-0.4, -0.2) is 54.3 Å². The van der Waals surface area contributed by atoms with Crippen molar-refractivity contribution in [2.24, 2.45) is 5.92 Å². The van der Waals surface area contributed by atoms with Crippen molar-refractivity contribution >= 4 is 17.7 Å². The smallest absolute Gasteiger partial charge is 0.246 e. The Hall–Kier alpha value is -3.19. The third kappa shape index (κ3) is 6.03. The topological polar surface area (TPSA) is 90.5 Å². The summed E-state index contributed by atoms with van der Waals surface area (Å²) in [6.07, 6.45) is 1.34. The summed E-state index contributed by atoms with van der Waals surface area (Å²) in [5.74, 6) is -0.726. The molecule has 1 fully saturated rings. The first-order chi connectivity index (χ1) is 16.3. The second kappa shape index (κ2) is 11.8. The lowest BCUT2D eigenvalue weighted by Gasteiger charge is -2.32. The fourth-order valence-corrected chi connectivity index (χ4v) is 4.29. The maximum atomic E-state index is 13.5. The van der Waals surface area contributed by atoms with Crippen LogP contribution < -0.4 is 16.0 Å². The van der Waals surface area contributed by atoms with E-state index in [-0.39, 0.29) is 29.7 Å². The summed E-state index contributed by atoms with van der Waals surface area (Å²) in [5, 5.41) is 8.95. The van der Waals surface area contributed by atoms with Crippen molar-refractivity contribution in [1.29, 1.82) is 0 Å². The minimum absolute atomic E-state index is 0.105. The van der Waals surface area contributed by atoms with Gasteiger partial charge in [0.15, 0.2) is 0 Å². The van der Waals surface area contributed by atoms with Gasteiger partial charge in [0, 0.05) is 6.54 Å². The molecule has 1 saturated heterocycles. The van der Waals surface area contributed by atoms with Crippen molar-refractivity contribution in [2.75, 3.05) is 13.6 Å². The molecule has 0 aromatic heterocycles. The number of rotatable bonds is 9. The molecule has 1 aliphatic heterocycles. The molecule has 2 aromatic rings. The molecule has 0 bridgehead atoms. The molecular weight excluding hydrogens is 428 g/mol. The van der Waals surface area contributed by atoms with E-state index >= 15 is 0 Å². The first kappa shape index (κ1) is 25.4. The van der Waals surface area contributed by atoms with E-state index in [1.807, 2.05) is 74.5 Å². The molecule has 0 unspecified atom stereocenters. The van der Waals surface area contributed by atoms with Gasteiger partial charge in [-0.2, -0.15) is 0 Å². The summed E-state index contributed by atoms with van der Waals surface area (Å²) in [7, 11) is 1.70. The second-order valence-corrected chi connectivity index (χ2v) is 9.19. The van der Waals surface area contributed by atoms with Crippen LogP contribution in [0.2, 0.25) is 0 Å². The van der Waals surface area contributed by atoms with E-state index in [0.717, 1.165) is 17.5 Å². The van der Waals surface area contributed by atoms with E-state index in [1.165, 1.54) is 0 Å². The number of carbonyl (C=O) groups is 3. The fourth-order valence-electron chi connectivity index (χ4n) is 4.29. The molecular formula is C27H36N4O3. The number of likely N-dealkylation sites (N-methyl/N-ethyl adjacent to an activating group) is 1. The molecule has 7 nitrogen and oxygen atoms in total. The maximum Gasteiger partial charge on any atom is 0.246 e. The molecule has 2 aromatic carbocycles. The van der Waals surface area contributed by atoms with Crippen LogP contribution in [0.1, 0.15) is 50.8 Å². The van der Waals surface area contributed by atoms with Crippen molar-refractivity contribution in [3.05, 3.63) is 71.8 Å². The molecule has 3 N–H and O–H groups in total. The average Bonchev–Trinajstić information content (AvgIpc) is 3.35. The third-order valence-electron chi connectivity index (χ3n) is 6.45. The molecule has 0 saturated carbocycles. The Morgan fingerprint density at radius 2 is 1.44 bits per heavy atom. The molecule has 3 amide bonds. The zero-order chi connectivity index (χ0) is 24.7. The van der Waals surface area contributed by atoms with Crippen LogP contribution in [0.3, 0.4) is 0 Å². The predicted octanol–water partition coefficient (Wildman–Crippen LogP) is 2.63. The van der Waals surface area contributed by atoms with Crippen LogP contribution in [0.5, 0.6) is 0 Å². The Morgan fingerprint density at radius 3 is 1.94 bits per heavy atom. The van der Waals surface area contributed by atoms with Crippen LogP contribution in [0.25, 0.3) is 0 Å². The number of likely N-dealkylation sites (tertiary alicyclic amines) is 1. The summed E-state index contributed by atoms with van der Waals surface area (Å²) in [6.45, 7) is 6.05. The maximum absolute atomic E-state index is 13.5. The number of carbonyl (C=O) groups excluding carboxylic acids is 3. The van der Waals surface area contributed by atoms with Crippen molar-refractivity contribution < 1.29 is 14.4 Å². The predicted molar refractivity (Wildman–Crippen MR) is 133 cm³/mol. The highest BCUT2D eigenvalue weighted by Gasteiger charge is 2.39. The number of hydrogen-bond acceptors (Lipinski definition) is 4. The average molecular weight is 465 g/mol. The van der Waals surface area contributed by atoms with Crippen LogP contribution in [0.4, 0.5) is 0 Å². The van der Waals surface area contributed by atoms with Crippen molar-refractivity contribution in [2.45, 2.75) is 57.8 Å². The van der Waals surface area contributed by atoms with Crippen LogP contribution >= 0.6 is 0 Å². The summed E-state index contributed by atoms with van der Waals surface area (Å²) in [4.78, 5) is 41.1. The Kier molecular flexibility index (Phi) is 8.82. The van der Waals surface area contributed by atoms with Crippen LogP contribution in [0.15, 0.2) is 60.7 Å². The van der Waals surface area contributed by atoms with E-state index in [1.54, 1.807) is 18.9 Å². The van der Waals surface area contributed by atoms with Gasteiger partial charge in [-0.3, -0.25) is 14.4 Å². The highest BCUT2D eigenvalue weighted by atomic mass is 16.2. The van der Waals surface area contributed by atoms with Crippen LogP contribution in [-0.2, 0) is 14.4 Å². The van der Waals surface area contributed by atoms with Crippen molar-refractivity contribution in [1.82, 2.24) is 20.9 Å². The summed E-state index contributed by atoms with van der Waals surface area (Å²) in [5.41, 5.74) is 1.96. The van der Waals surface area contributed by atoms with Gasteiger partial charge in [-0.25, -0.2) is 0 Å². The molecule has 7 heteroatoms. The van der Waals surface area contributed by atoms with Gasteiger partial charge in [-0.05, 0) is 43.9 Å². The molecule has 0 radical (unpaired) electrons.